The third kappa shape index (κ3) is 5.82. The van der Waals surface area contributed by atoms with E-state index < -0.39 is 0 Å². The number of carbonyl (C=O) groups is 1. The number of aryl methyl sites for hydroxylation is 1. The van der Waals surface area contributed by atoms with Crippen LogP contribution in [-0.2, 0) is 16.0 Å². The van der Waals surface area contributed by atoms with Gasteiger partial charge in [-0.3, -0.25) is 4.79 Å². The molecule has 31 heavy (non-hydrogen) atoms. The summed E-state index contributed by atoms with van der Waals surface area (Å²) in [7, 11) is 3.60. The number of nitrogens with zero attached hydrogens (tertiary/aromatic N) is 3. The van der Waals surface area contributed by atoms with E-state index in [0.29, 0.717) is 23.8 Å². The molecule has 0 unspecified atom stereocenters. The number of rotatable bonds is 7. The zero-order valence-corrected chi connectivity index (χ0v) is 19.4. The van der Waals surface area contributed by atoms with Gasteiger partial charge in [0, 0.05) is 31.4 Å². The quantitative estimate of drug-likeness (QED) is 0.409. The normalized spacial score (nSPS) is 15.9. The SMILES string of the molecule is CC.CCc1cc(OC)cc(N=C(OC=O)c2cccnc2N2CC[C@H](NC)C2)c1C. The van der Waals surface area contributed by atoms with Crippen molar-refractivity contribution < 1.29 is 14.3 Å². The number of hydrogen-bond acceptors (Lipinski definition) is 7. The largest absolute Gasteiger partial charge is 0.497 e. The zero-order valence-electron chi connectivity index (χ0n) is 19.4. The number of methoxy groups -OCH3 is 1. The first kappa shape index (κ1) is 24.3. The monoisotopic (exact) mass is 426 g/mol. The molecule has 1 aliphatic heterocycles. The van der Waals surface area contributed by atoms with Gasteiger partial charge in [0.05, 0.1) is 18.4 Å². The Morgan fingerprint density at radius 3 is 2.77 bits per heavy atom. The molecular formula is C24H34N4O3. The van der Waals surface area contributed by atoms with Gasteiger partial charge in [-0.05, 0) is 56.1 Å². The molecule has 1 N–H and O–H groups in total. The Morgan fingerprint density at radius 2 is 2.16 bits per heavy atom. The van der Waals surface area contributed by atoms with Gasteiger partial charge < -0.3 is 19.7 Å². The second-order valence-electron chi connectivity index (χ2n) is 7.01. The summed E-state index contributed by atoms with van der Waals surface area (Å²) in [5, 5.41) is 3.31. The van der Waals surface area contributed by atoms with Crippen molar-refractivity contribution in [3.63, 3.8) is 0 Å². The topological polar surface area (TPSA) is 76.0 Å². The molecule has 1 saturated heterocycles. The van der Waals surface area contributed by atoms with Crippen LogP contribution in [0.2, 0.25) is 0 Å². The van der Waals surface area contributed by atoms with E-state index in [0.717, 1.165) is 48.6 Å². The van der Waals surface area contributed by atoms with E-state index in [-0.39, 0.29) is 5.90 Å². The summed E-state index contributed by atoms with van der Waals surface area (Å²) < 4.78 is 10.8. The number of aromatic nitrogens is 1. The minimum atomic E-state index is 0.231. The van der Waals surface area contributed by atoms with Gasteiger partial charge in [-0.2, -0.15) is 0 Å². The molecule has 0 spiro atoms. The van der Waals surface area contributed by atoms with Crippen LogP contribution in [0.4, 0.5) is 11.5 Å². The lowest BCUT2D eigenvalue weighted by molar-refractivity contribution is -0.121. The van der Waals surface area contributed by atoms with E-state index in [9.17, 15) is 4.79 Å². The van der Waals surface area contributed by atoms with E-state index in [1.54, 1.807) is 13.3 Å². The number of ether oxygens (including phenoxy) is 2. The maximum absolute atomic E-state index is 11.3. The third-order valence-corrected chi connectivity index (χ3v) is 5.37. The van der Waals surface area contributed by atoms with Crippen LogP contribution in [0.15, 0.2) is 35.5 Å². The summed E-state index contributed by atoms with van der Waals surface area (Å²) in [6, 6.07) is 7.97. The summed E-state index contributed by atoms with van der Waals surface area (Å²) in [6.45, 7) is 10.2. The van der Waals surface area contributed by atoms with Crippen molar-refractivity contribution in [2.45, 2.75) is 46.6 Å². The maximum atomic E-state index is 11.3. The molecule has 0 aliphatic carbocycles. The summed E-state index contributed by atoms with van der Waals surface area (Å²) in [4.78, 5) is 22.7. The van der Waals surface area contributed by atoms with Crippen molar-refractivity contribution in [2.24, 2.45) is 4.99 Å². The Kier molecular flexibility index (Phi) is 9.46. The number of aliphatic imine (C=N–C) groups is 1. The van der Waals surface area contributed by atoms with Gasteiger partial charge in [0.2, 0.25) is 5.90 Å². The van der Waals surface area contributed by atoms with E-state index in [2.05, 4.69) is 22.1 Å². The minimum absolute atomic E-state index is 0.231. The highest BCUT2D eigenvalue weighted by Crippen LogP contribution is 2.31. The van der Waals surface area contributed by atoms with Gasteiger partial charge >= 0.3 is 0 Å². The van der Waals surface area contributed by atoms with Gasteiger partial charge in [-0.15, -0.1) is 0 Å². The summed E-state index contributed by atoms with van der Waals surface area (Å²) in [5.74, 6) is 1.72. The molecule has 1 aromatic heterocycles. The lowest BCUT2D eigenvalue weighted by atomic mass is 10.0. The minimum Gasteiger partial charge on any atom is -0.497 e. The van der Waals surface area contributed by atoms with Crippen LogP contribution < -0.4 is 15.0 Å². The summed E-state index contributed by atoms with van der Waals surface area (Å²) in [6.07, 6.45) is 3.63. The highest BCUT2D eigenvalue weighted by atomic mass is 16.5. The van der Waals surface area contributed by atoms with E-state index in [1.807, 2.05) is 52.1 Å². The number of likely N-dealkylation sites (N-methyl/N-ethyl adjacent to an activating group) is 1. The molecule has 0 saturated carbocycles. The average molecular weight is 427 g/mol. The maximum Gasteiger partial charge on any atom is 0.299 e. The van der Waals surface area contributed by atoms with E-state index in [1.165, 1.54) is 0 Å². The van der Waals surface area contributed by atoms with Crippen molar-refractivity contribution in [2.75, 3.05) is 32.1 Å². The molecule has 7 heteroatoms. The molecule has 0 amide bonds. The van der Waals surface area contributed by atoms with Gasteiger partial charge in [0.25, 0.3) is 6.47 Å². The molecule has 0 bridgehead atoms. The van der Waals surface area contributed by atoms with Crippen LogP contribution in [0, 0.1) is 6.92 Å². The Labute approximate surface area is 185 Å². The molecule has 1 fully saturated rings. The third-order valence-electron chi connectivity index (χ3n) is 5.37. The summed E-state index contributed by atoms with van der Waals surface area (Å²) in [5.41, 5.74) is 3.57. The molecule has 1 aliphatic rings. The fourth-order valence-corrected chi connectivity index (χ4v) is 3.64. The predicted octanol–water partition coefficient (Wildman–Crippen LogP) is 4.04. The van der Waals surface area contributed by atoms with E-state index in [4.69, 9.17) is 14.5 Å². The number of hydrogen-bond donors (Lipinski definition) is 1. The molecule has 2 aromatic rings. The van der Waals surface area contributed by atoms with Crippen LogP contribution in [0.5, 0.6) is 5.75 Å². The van der Waals surface area contributed by atoms with Gasteiger partial charge in [0.1, 0.15) is 11.6 Å². The zero-order chi connectivity index (χ0) is 22.8. The van der Waals surface area contributed by atoms with Crippen molar-refractivity contribution in [1.82, 2.24) is 10.3 Å². The second kappa shape index (κ2) is 12.1. The first-order valence-corrected chi connectivity index (χ1v) is 10.8. The van der Waals surface area contributed by atoms with Gasteiger partial charge in [-0.25, -0.2) is 9.98 Å². The van der Waals surface area contributed by atoms with Crippen molar-refractivity contribution in [3.05, 3.63) is 47.2 Å². The smallest absolute Gasteiger partial charge is 0.299 e. The second-order valence-corrected chi connectivity index (χ2v) is 7.01. The van der Waals surface area contributed by atoms with E-state index >= 15 is 0 Å². The van der Waals surface area contributed by atoms with Crippen LogP contribution in [0.3, 0.4) is 0 Å². The van der Waals surface area contributed by atoms with Crippen molar-refractivity contribution in [3.8, 4) is 5.75 Å². The number of anilines is 1. The standard InChI is InChI=1S/C22H28N4O3.C2H6/c1-5-16-11-18(28-4)12-20(15(16)2)25-22(29-14-27)19-7-6-9-24-21(19)26-10-8-17(13-26)23-3;1-2/h6-7,9,11-12,14,17,23H,5,8,10,13H2,1-4H3;1-2H3/t17-;/m0./s1. The van der Waals surface area contributed by atoms with Crippen LogP contribution in [-0.4, -0.2) is 50.6 Å². The van der Waals surface area contributed by atoms with Crippen LogP contribution in [0.1, 0.15) is 43.9 Å². The molecule has 168 valence electrons. The molecule has 1 atom stereocenters. The molecule has 0 radical (unpaired) electrons. The number of nitrogens with one attached hydrogen (secondary N) is 1. The van der Waals surface area contributed by atoms with Gasteiger partial charge in [-0.1, -0.05) is 20.8 Å². The highest BCUT2D eigenvalue weighted by Gasteiger charge is 2.26. The molecule has 3 rings (SSSR count). The average Bonchev–Trinajstić information content (AvgIpc) is 3.30. The van der Waals surface area contributed by atoms with Crippen molar-refractivity contribution in [1.29, 1.82) is 0 Å². The Hall–Kier alpha value is -2.93. The number of benzene rings is 1. The lowest BCUT2D eigenvalue weighted by Crippen LogP contribution is -2.30. The van der Waals surface area contributed by atoms with Crippen LogP contribution in [0.25, 0.3) is 0 Å². The Bertz CT molecular complexity index is 898. The molecule has 2 heterocycles. The lowest BCUT2D eigenvalue weighted by Gasteiger charge is -2.20. The number of pyridine rings is 1. The first-order chi connectivity index (χ1) is 15.1. The number of carbonyl (C=O) groups excluding carboxylic acids is 1. The predicted molar refractivity (Wildman–Crippen MR) is 126 cm³/mol. The van der Waals surface area contributed by atoms with Crippen molar-refractivity contribution >= 4 is 23.9 Å². The molecule has 1 aromatic carbocycles. The molecular weight excluding hydrogens is 392 g/mol. The van der Waals surface area contributed by atoms with Crippen LogP contribution >= 0.6 is 0 Å². The fourth-order valence-electron chi connectivity index (χ4n) is 3.64. The Balaban J connectivity index is 0.00000166. The van der Waals surface area contributed by atoms with Gasteiger partial charge in [0.15, 0.2) is 0 Å². The molecule has 7 nitrogen and oxygen atoms in total. The Morgan fingerprint density at radius 1 is 1.39 bits per heavy atom. The summed E-state index contributed by atoms with van der Waals surface area (Å²) >= 11 is 0. The fraction of sp³-hybridized carbons (Fsp3) is 0.458. The highest BCUT2D eigenvalue weighted by molar-refractivity contribution is 6.03. The first-order valence-electron chi connectivity index (χ1n) is 10.8.